The van der Waals surface area contributed by atoms with Gasteiger partial charge in [0.25, 0.3) is 0 Å². The van der Waals surface area contributed by atoms with Gasteiger partial charge in [-0.1, -0.05) is 11.6 Å². The lowest BCUT2D eigenvalue weighted by Crippen LogP contribution is -2.05. The number of anilines is 1. The lowest BCUT2D eigenvalue weighted by atomic mass is 10.0. The van der Waals surface area contributed by atoms with E-state index in [9.17, 15) is 4.79 Å². The SMILES string of the molecule is CCn1cc(C(=O)c2cc(C)ccc2N)cn1. The highest BCUT2D eigenvalue weighted by molar-refractivity contribution is 6.11. The molecule has 4 heteroatoms. The molecule has 0 saturated heterocycles. The number of ketones is 1. The zero-order valence-corrected chi connectivity index (χ0v) is 9.97. The summed E-state index contributed by atoms with van der Waals surface area (Å²) < 4.78 is 1.72. The molecule has 17 heavy (non-hydrogen) atoms. The zero-order valence-electron chi connectivity index (χ0n) is 9.97. The predicted octanol–water partition coefficient (Wildman–Crippen LogP) is 2.02. The normalized spacial score (nSPS) is 10.5. The Balaban J connectivity index is 2.39. The molecule has 0 radical (unpaired) electrons. The maximum Gasteiger partial charge on any atom is 0.198 e. The van der Waals surface area contributed by atoms with E-state index in [4.69, 9.17) is 5.73 Å². The largest absolute Gasteiger partial charge is 0.398 e. The molecule has 0 aliphatic rings. The van der Waals surface area contributed by atoms with Crippen molar-refractivity contribution in [2.24, 2.45) is 0 Å². The summed E-state index contributed by atoms with van der Waals surface area (Å²) in [5.74, 6) is -0.0779. The van der Waals surface area contributed by atoms with E-state index < -0.39 is 0 Å². The fourth-order valence-electron chi connectivity index (χ4n) is 1.68. The number of nitrogens with zero attached hydrogens (tertiary/aromatic N) is 2. The Morgan fingerprint density at radius 1 is 1.47 bits per heavy atom. The van der Waals surface area contributed by atoms with Gasteiger partial charge in [0.15, 0.2) is 5.78 Å². The van der Waals surface area contributed by atoms with Crippen LogP contribution in [0.2, 0.25) is 0 Å². The van der Waals surface area contributed by atoms with Gasteiger partial charge >= 0.3 is 0 Å². The lowest BCUT2D eigenvalue weighted by molar-refractivity contribution is 0.103. The van der Waals surface area contributed by atoms with Crippen LogP contribution in [0.15, 0.2) is 30.6 Å². The molecule has 2 aromatic rings. The summed E-state index contributed by atoms with van der Waals surface area (Å²) in [7, 11) is 0. The second-order valence-electron chi connectivity index (χ2n) is 4.00. The van der Waals surface area contributed by atoms with Gasteiger partial charge in [-0.25, -0.2) is 0 Å². The van der Waals surface area contributed by atoms with Crippen LogP contribution < -0.4 is 5.73 Å². The fourth-order valence-corrected chi connectivity index (χ4v) is 1.68. The highest BCUT2D eigenvalue weighted by atomic mass is 16.1. The molecule has 0 atom stereocenters. The van der Waals surface area contributed by atoms with Crippen LogP contribution in [0.3, 0.4) is 0 Å². The monoisotopic (exact) mass is 229 g/mol. The minimum absolute atomic E-state index is 0.0779. The number of aryl methyl sites for hydroxylation is 2. The molecule has 1 heterocycles. The zero-order chi connectivity index (χ0) is 12.4. The Morgan fingerprint density at radius 2 is 2.24 bits per heavy atom. The summed E-state index contributed by atoms with van der Waals surface area (Å²) in [6, 6.07) is 5.45. The molecule has 0 amide bonds. The number of carbonyl (C=O) groups excluding carboxylic acids is 1. The molecule has 0 spiro atoms. The van der Waals surface area contributed by atoms with Crippen LogP contribution in [-0.2, 0) is 6.54 Å². The van der Waals surface area contributed by atoms with Gasteiger partial charge in [-0.05, 0) is 26.0 Å². The first-order valence-corrected chi connectivity index (χ1v) is 5.55. The van der Waals surface area contributed by atoms with Crippen molar-refractivity contribution in [1.82, 2.24) is 9.78 Å². The van der Waals surface area contributed by atoms with Gasteiger partial charge in [0, 0.05) is 24.0 Å². The Hall–Kier alpha value is -2.10. The molecule has 4 nitrogen and oxygen atoms in total. The highest BCUT2D eigenvalue weighted by Gasteiger charge is 2.14. The maximum atomic E-state index is 12.2. The van der Waals surface area contributed by atoms with E-state index in [0.29, 0.717) is 16.8 Å². The van der Waals surface area contributed by atoms with Crippen molar-refractivity contribution in [3.05, 3.63) is 47.3 Å². The van der Waals surface area contributed by atoms with Crippen molar-refractivity contribution in [2.75, 3.05) is 5.73 Å². The number of hydrogen-bond acceptors (Lipinski definition) is 3. The van der Waals surface area contributed by atoms with Crippen molar-refractivity contribution in [1.29, 1.82) is 0 Å². The van der Waals surface area contributed by atoms with Crippen LogP contribution in [0, 0.1) is 6.92 Å². The van der Waals surface area contributed by atoms with E-state index in [1.54, 1.807) is 29.2 Å². The summed E-state index contributed by atoms with van der Waals surface area (Å²) in [6.45, 7) is 4.66. The first-order valence-electron chi connectivity index (χ1n) is 5.55. The van der Waals surface area contributed by atoms with Crippen LogP contribution in [0.25, 0.3) is 0 Å². The van der Waals surface area contributed by atoms with Crippen LogP contribution >= 0.6 is 0 Å². The quantitative estimate of drug-likeness (QED) is 0.647. The number of aromatic nitrogens is 2. The van der Waals surface area contributed by atoms with Crippen LogP contribution in [-0.4, -0.2) is 15.6 Å². The van der Waals surface area contributed by atoms with Crippen LogP contribution in [0.1, 0.15) is 28.4 Å². The molecular weight excluding hydrogens is 214 g/mol. The van der Waals surface area contributed by atoms with Crippen LogP contribution in [0.4, 0.5) is 5.69 Å². The summed E-state index contributed by atoms with van der Waals surface area (Å²) >= 11 is 0. The number of rotatable bonds is 3. The first kappa shape index (κ1) is 11.4. The smallest absolute Gasteiger partial charge is 0.198 e. The fraction of sp³-hybridized carbons (Fsp3) is 0.231. The minimum atomic E-state index is -0.0779. The number of nitrogens with two attached hydrogens (primary N) is 1. The topological polar surface area (TPSA) is 60.9 Å². The summed E-state index contributed by atoms with van der Waals surface area (Å²) in [5.41, 5.74) is 8.46. The van der Waals surface area contributed by atoms with E-state index in [1.807, 2.05) is 19.9 Å². The molecule has 0 fully saturated rings. The van der Waals surface area contributed by atoms with E-state index in [0.717, 1.165) is 12.1 Å². The minimum Gasteiger partial charge on any atom is -0.398 e. The Bertz CT molecular complexity index is 558. The highest BCUT2D eigenvalue weighted by Crippen LogP contribution is 2.17. The third-order valence-electron chi connectivity index (χ3n) is 2.67. The van der Waals surface area contributed by atoms with Crippen molar-refractivity contribution in [2.45, 2.75) is 20.4 Å². The molecule has 2 N–H and O–H groups in total. The Labute approximate surface area is 100 Å². The van der Waals surface area contributed by atoms with Gasteiger partial charge in [-0.15, -0.1) is 0 Å². The van der Waals surface area contributed by atoms with Crippen molar-refractivity contribution >= 4 is 11.5 Å². The summed E-state index contributed by atoms with van der Waals surface area (Å²) in [5, 5.41) is 4.09. The standard InChI is InChI=1S/C13H15N3O/c1-3-16-8-10(7-15-16)13(17)11-6-9(2)4-5-12(11)14/h4-8H,3,14H2,1-2H3. The molecular formula is C13H15N3O. The third kappa shape index (κ3) is 2.20. The molecule has 88 valence electrons. The second-order valence-corrected chi connectivity index (χ2v) is 4.00. The Morgan fingerprint density at radius 3 is 2.88 bits per heavy atom. The molecule has 0 unspecified atom stereocenters. The molecule has 0 saturated carbocycles. The van der Waals surface area contributed by atoms with Crippen molar-refractivity contribution < 1.29 is 4.79 Å². The number of carbonyl (C=O) groups is 1. The first-order chi connectivity index (χ1) is 8.11. The van der Waals surface area contributed by atoms with E-state index in [2.05, 4.69) is 5.10 Å². The molecule has 0 aliphatic carbocycles. The molecule has 1 aromatic carbocycles. The number of nitrogen functional groups attached to an aromatic ring is 1. The van der Waals surface area contributed by atoms with Gasteiger partial charge in [-0.2, -0.15) is 5.10 Å². The molecule has 0 aliphatic heterocycles. The van der Waals surface area contributed by atoms with Gasteiger partial charge in [0.1, 0.15) is 0 Å². The maximum absolute atomic E-state index is 12.2. The van der Waals surface area contributed by atoms with Gasteiger partial charge in [0.05, 0.1) is 11.8 Å². The average molecular weight is 229 g/mol. The second kappa shape index (κ2) is 4.41. The van der Waals surface area contributed by atoms with Gasteiger partial charge in [0.2, 0.25) is 0 Å². The number of hydrogen-bond donors (Lipinski definition) is 1. The van der Waals surface area contributed by atoms with E-state index >= 15 is 0 Å². The van der Waals surface area contributed by atoms with Crippen molar-refractivity contribution in [3.8, 4) is 0 Å². The Kier molecular flexibility index (Phi) is 2.95. The summed E-state index contributed by atoms with van der Waals surface area (Å²) in [6.07, 6.45) is 3.32. The van der Waals surface area contributed by atoms with Gasteiger partial charge in [-0.3, -0.25) is 9.48 Å². The van der Waals surface area contributed by atoms with E-state index in [-0.39, 0.29) is 5.78 Å². The molecule has 1 aromatic heterocycles. The third-order valence-corrected chi connectivity index (χ3v) is 2.67. The average Bonchev–Trinajstić information content (AvgIpc) is 2.80. The van der Waals surface area contributed by atoms with Crippen molar-refractivity contribution in [3.63, 3.8) is 0 Å². The molecule has 0 bridgehead atoms. The van der Waals surface area contributed by atoms with Gasteiger partial charge < -0.3 is 5.73 Å². The number of benzene rings is 1. The van der Waals surface area contributed by atoms with E-state index in [1.165, 1.54) is 0 Å². The molecule has 2 rings (SSSR count). The summed E-state index contributed by atoms with van der Waals surface area (Å²) in [4.78, 5) is 12.2. The lowest BCUT2D eigenvalue weighted by Gasteiger charge is -2.04. The predicted molar refractivity (Wildman–Crippen MR) is 66.9 cm³/mol. The van der Waals surface area contributed by atoms with Crippen LogP contribution in [0.5, 0.6) is 0 Å².